The highest BCUT2D eigenvalue weighted by Gasteiger charge is 2.06. The van der Waals surface area contributed by atoms with E-state index in [4.69, 9.17) is 0 Å². The lowest BCUT2D eigenvalue weighted by atomic mass is 10.4. The summed E-state index contributed by atoms with van der Waals surface area (Å²) in [4.78, 5) is 4.09. The lowest BCUT2D eigenvalue weighted by molar-refractivity contribution is 0.581. The zero-order valence-electron chi connectivity index (χ0n) is 8.40. The van der Waals surface area contributed by atoms with Crippen molar-refractivity contribution in [3.05, 3.63) is 18.2 Å². The summed E-state index contributed by atoms with van der Waals surface area (Å²) in [6.45, 7) is 2.02. The van der Waals surface area contributed by atoms with Crippen LogP contribution in [0.3, 0.4) is 0 Å². The van der Waals surface area contributed by atoms with Crippen molar-refractivity contribution in [2.24, 2.45) is 7.05 Å². The Morgan fingerprint density at radius 3 is 2.79 bits per heavy atom. The molecule has 1 N–H and O–H groups in total. The quantitative estimate of drug-likeness (QED) is 0.749. The molecule has 1 heterocycles. The molecule has 0 fully saturated rings. The molecular weight excluding hydrogens is 202 g/mol. The van der Waals surface area contributed by atoms with E-state index in [-0.39, 0.29) is 5.75 Å². The van der Waals surface area contributed by atoms with Crippen LogP contribution in [0.5, 0.6) is 0 Å². The van der Waals surface area contributed by atoms with E-state index >= 15 is 0 Å². The zero-order chi connectivity index (χ0) is 10.6. The number of sulfonamides is 1. The van der Waals surface area contributed by atoms with Crippen molar-refractivity contribution in [3.63, 3.8) is 0 Å². The van der Waals surface area contributed by atoms with Gasteiger partial charge in [-0.1, -0.05) is 0 Å². The Labute approximate surface area is 84.2 Å². The van der Waals surface area contributed by atoms with Crippen LogP contribution < -0.4 is 4.72 Å². The molecule has 0 saturated heterocycles. The van der Waals surface area contributed by atoms with Crippen LogP contribution in [0, 0.1) is 0 Å². The van der Waals surface area contributed by atoms with E-state index in [1.165, 1.54) is 0 Å². The van der Waals surface area contributed by atoms with Gasteiger partial charge in [0.05, 0.1) is 5.75 Å². The van der Waals surface area contributed by atoms with E-state index in [0.29, 0.717) is 13.0 Å². The first-order chi connectivity index (χ1) is 6.55. The van der Waals surface area contributed by atoms with Crippen molar-refractivity contribution in [2.75, 3.05) is 12.3 Å². The van der Waals surface area contributed by atoms with Gasteiger partial charge in [0, 0.05) is 32.4 Å². The van der Waals surface area contributed by atoms with E-state index in [9.17, 15) is 8.42 Å². The second kappa shape index (κ2) is 4.56. The predicted molar refractivity (Wildman–Crippen MR) is 54.4 cm³/mol. The van der Waals surface area contributed by atoms with Gasteiger partial charge in [0.25, 0.3) is 0 Å². The molecular formula is C8H15N3O2S. The Morgan fingerprint density at radius 2 is 2.29 bits per heavy atom. The van der Waals surface area contributed by atoms with Crippen molar-refractivity contribution in [3.8, 4) is 0 Å². The molecule has 0 amide bonds. The van der Waals surface area contributed by atoms with Gasteiger partial charge in [-0.15, -0.1) is 0 Å². The van der Waals surface area contributed by atoms with Crippen molar-refractivity contribution < 1.29 is 8.42 Å². The number of nitrogens with one attached hydrogen (secondary N) is 1. The number of aromatic nitrogens is 2. The third kappa shape index (κ3) is 3.12. The van der Waals surface area contributed by atoms with Gasteiger partial charge >= 0.3 is 0 Å². The standard InChI is InChI=1S/C8H15N3O2S/c1-3-14(12,13)10-5-4-8-9-6-7-11(8)2/h6-7,10H,3-5H2,1-2H3. The van der Waals surface area contributed by atoms with Crippen LogP contribution >= 0.6 is 0 Å². The van der Waals surface area contributed by atoms with E-state index in [1.807, 2.05) is 17.8 Å². The number of rotatable bonds is 5. The Bertz CT molecular complexity index is 383. The average Bonchev–Trinajstić information content (AvgIpc) is 2.52. The van der Waals surface area contributed by atoms with Crippen molar-refractivity contribution in [1.82, 2.24) is 14.3 Å². The minimum absolute atomic E-state index is 0.119. The molecule has 0 bridgehead atoms. The molecule has 1 aromatic heterocycles. The summed E-state index contributed by atoms with van der Waals surface area (Å²) in [6.07, 6.45) is 4.15. The first kappa shape index (κ1) is 11.2. The first-order valence-electron chi connectivity index (χ1n) is 4.48. The lowest BCUT2D eigenvalue weighted by Crippen LogP contribution is -2.27. The molecule has 5 nitrogen and oxygen atoms in total. The van der Waals surface area contributed by atoms with Crippen LogP contribution in [0.2, 0.25) is 0 Å². The molecule has 80 valence electrons. The third-order valence-corrected chi connectivity index (χ3v) is 3.38. The second-order valence-corrected chi connectivity index (χ2v) is 5.10. The lowest BCUT2D eigenvalue weighted by Gasteiger charge is -2.04. The maximum atomic E-state index is 11.1. The third-order valence-electron chi connectivity index (χ3n) is 1.97. The first-order valence-corrected chi connectivity index (χ1v) is 6.14. The smallest absolute Gasteiger partial charge is 0.211 e. The molecule has 0 aliphatic heterocycles. The molecule has 0 radical (unpaired) electrons. The van der Waals surface area contributed by atoms with Gasteiger partial charge in [-0.2, -0.15) is 0 Å². The van der Waals surface area contributed by atoms with Gasteiger partial charge in [-0.25, -0.2) is 18.1 Å². The summed E-state index contributed by atoms with van der Waals surface area (Å²) >= 11 is 0. The van der Waals surface area contributed by atoms with Crippen LogP contribution in [0.1, 0.15) is 12.7 Å². The van der Waals surface area contributed by atoms with Crippen LogP contribution in [-0.2, 0) is 23.5 Å². The predicted octanol–water partition coefficient (Wildman–Crippen LogP) is -0.0981. The average molecular weight is 217 g/mol. The number of hydrogen-bond acceptors (Lipinski definition) is 3. The molecule has 0 aliphatic carbocycles. The minimum Gasteiger partial charge on any atom is -0.338 e. The van der Waals surface area contributed by atoms with Crippen molar-refractivity contribution >= 4 is 10.0 Å². The van der Waals surface area contributed by atoms with Crippen LogP contribution in [0.15, 0.2) is 12.4 Å². The molecule has 0 aromatic carbocycles. The molecule has 0 unspecified atom stereocenters. The van der Waals surface area contributed by atoms with Gasteiger partial charge in [-0.3, -0.25) is 0 Å². The zero-order valence-corrected chi connectivity index (χ0v) is 9.21. The molecule has 1 aromatic rings. The molecule has 0 spiro atoms. The van der Waals surface area contributed by atoms with E-state index < -0.39 is 10.0 Å². The van der Waals surface area contributed by atoms with Crippen LogP contribution in [-0.4, -0.2) is 30.3 Å². The summed E-state index contributed by atoms with van der Waals surface area (Å²) < 4.78 is 26.5. The number of aryl methyl sites for hydroxylation is 1. The fourth-order valence-corrected chi connectivity index (χ4v) is 1.67. The fraction of sp³-hybridized carbons (Fsp3) is 0.625. The Hall–Kier alpha value is -0.880. The molecule has 0 atom stereocenters. The number of hydrogen-bond donors (Lipinski definition) is 1. The largest absolute Gasteiger partial charge is 0.338 e. The molecule has 6 heteroatoms. The van der Waals surface area contributed by atoms with Gasteiger partial charge in [0.2, 0.25) is 10.0 Å². The maximum Gasteiger partial charge on any atom is 0.211 e. The van der Waals surface area contributed by atoms with Gasteiger partial charge < -0.3 is 4.57 Å². The van der Waals surface area contributed by atoms with E-state index in [0.717, 1.165) is 5.82 Å². The SMILES string of the molecule is CCS(=O)(=O)NCCc1nccn1C. The van der Waals surface area contributed by atoms with Crippen LogP contribution in [0.25, 0.3) is 0 Å². The Kier molecular flexibility index (Phi) is 3.65. The topological polar surface area (TPSA) is 64.0 Å². The number of nitrogens with zero attached hydrogens (tertiary/aromatic N) is 2. The van der Waals surface area contributed by atoms with E-state index in [2.05, 4.69) is 9.71 Å². The monoisotopic (exact) mass is 217 g/mol. The Balaban J connectivity index is 2.40. The summed E-state index contributed by atoms with van der Waals surface area (Å²) in [5.41, 5.74) is 0. The molecule has 1 rings (SSSR count). The Morgan fingerprint density at radius 1 is 1.57 bits per heavy atom. The fourth-order valence-electron chi connectivity index (χ4n) is 1.06. The van der Waals surface area contributed by atoms with Gasteiger partial charge in [-0.05, 0) is 6.92 Å². The highest BCUT2D eigenvalue weighted by Crippen LogP contribution is 1.94. The normalized spacial score (nSPS) is 11.9. The molecule has 14 heavy (non-hydrogen) atoms. The highest BCUT2D eigenvalue weighted by atomic mass is 32.2. The maximum absolute atomic E-state index is 11.1. The molecule has 0 aliphatic rings. The van der Waals surface area contributed by atoms with Crippen LogP contribution in [0.4, 0.5) is 0 Å². The summed E-state index contributed by atoms with van der Waals surface area (Å²) in [6, 6.07) is 0. The second-order valence-electron chi connectivity index (χ2n) is 3.00. The summed E-state index contributed by atoms with van der Waals surface area (Å²) in [7, 11) is -1.19. The molecule has 0 saturated carbocycles. The van der Waals surface area contributed by atoms with E-state index in [1.54, 1.807) is 13.1 Å². The van der Waals surface area contributed by atoms with Crippen molar-refractivity contribution in [2.45, 2.75) is 13.3 Å². The van der Waals surface area contributed by atoms with Gasteiger partial charge in [0.15, 0.2) is 0 Å². The number of imidazole rings is 1. The highest BCUT2D eigenvalue weighted by molar-refractivity contribution is 7.89. The summed E-state index contributed by atoms with van der Waals surface area (Å²) in [5, 5.41) is 0. The van der Waals surface area contributed by atoms with Crippen molar-refractivity contribution in [1.29, 1.82) is 0 Å². The van der Waals surface area contributed by atoms with Gasteiger partial charge in [0.1, 0.15) is 5.82 Å². The summed E-state index contributed by atoms with van der Waals surface area (Å²) in [5.74, 6) is 0.997. The minimum atomic E-state index is -3.07.